The maximum Gasteiger partial charge on any atom is 0.211 e. The van der Waals surface area contributed by atoms with Gasteiger partial charge in [-0.15, -0.1) is 0 Å². The third kappa shape index (κ3) is 3.15. The number of hydrogen-bond donors (Lipinski definition) is 1. The molecule has 0 bridgehead atoms. The second kappa shape index (κ2) is 5.71. The number of sulfonamides is 1. The lowest BCUT2D eigenvalue weighted by Crippen LogP contribution is -2.39. The Labute approximate surface area is 126 Å². The summed E-state index contributed by atoms with van der Waals surface area (Å²) in [5.74, 6) is 0.592. The van der Waals surface area contributed by atoms with Gasteiger partial charge in [-0.2, -0.15) is 0 Å². The summed E-state index contributed by atoms with van der Waals surface area (Å²) in [6.07, 6.45) is 4.69. The van der Waals surface area contributed by atoms with Crippen LogP contribution in [-0.4, -0.2) is 37.2 Å². The molecule has 21 heavy (non-hydrogen) atoms. The maximum absolute atomic E-state index is 11.7. The van der Waals surface area contributed by atoms with Crippen LogP contribution in [0.2, 0.25) is 0 Å². The van der Waals surface area contributed by atoms with Gasteiger partial charge in [0.05, 0.1) is 12.4 Å². The molecule has 1 aromatic carbocycles. The van der Waals surface area contributed by atoms with Gasteiger partial charge in [-0.05, 0) is 48.6 Å². The molecule has 3 atom stereocenters. The zero-order valence-corrected chi connectivity index (χ0v) is 13.2. The quantitative estimate of drug-likeness (QED) is 0.928. The fourth-order valence-electron chi connectivity index (χ4n) is 3.82. The molecule has 1 aliphatic heterocycles. The number of aliphatic hydroxyl groups is 1. The molecule has 1 aromatic rings. The molecule has 2 aliphatic rings. The van der Waals surface area contributed by atoms with Crippen molar-refractivity contribution in [3.8, 4) is 0 Å². The summed E-state index contributed by atoms with van der Waals surface area (Å²) in [6.45, 7) is 1.25. The van der Waals surface area contributed by atoms with Gasteiger partial charge in [0.1, 0.15) is 0 Å². The first-order valence-electron chi connectivity index (χ1n) is 7.66. The molecule has 0 amide bonds. The van der Waals surface area contributed by atoms with Crippen molar-refractivity contribution in [2.24, 2.45) is 11.8 Å². The van der Waals surface area contributed by atoms with Crippen molar-refractivity contribution in [3.63, 3.8) is 0 Å². The van der Waals surface area contributed by atoms with Crippen LogP contribution < -0.4 is 0 Å². The van der Waals surface area contributed by atoms with E-state index in [4.69, 9.17) is 0 Å². The first-order valence-corrected chi connectivity index (χ1v) is 9.51. The lowest BCUT2D eigenvalue weighted by Gasteiger charge is -2.32. The lowest BCUT2D eigenvalue weighted by atomic mass is 9.86. The lowest BCUT2D eigenvalue weighted by molar-refractivity contribution is 0.0976. The Hall–Kier alpha value is -0.910. The van der Waals surface area contributed by atoms with E-state index in [1.165, 1.54) is 11.8 Å². The molecule has 1 aliphatic carbocycles. The third-order valence-electron chi connectivity index (χ3n) is 4.89. The second-order valence-electron chi connectivity index (χ2n) is 6.47. The predicted octanol–water partition coefficient (Wildman–Crippen LogP) is 1.95. The maximum atomic E-state index is 11.7. The molecule has 4 nitrogen and oxygen atoms in total. The van der Waals surface area contributed by atoms with Gasteiger partial charge in [-0.3, -0.25) is 0 Å². The average Bonchev–Trinajstić information content (AvgIpc) is 2.75. The van der Waals surface area contributed by atoms with E-state index in [9.17, 15) is 13.5 Å². The van der Waals surface area contributed by atoms with Crippen LogP contribution in [0.4, 0.5) is 0 Å². The van der Waals surface area contributed by atoms with Gasteiger partial charge in [0.25, 0.3) is 0 Å². The zero-order chi connectivity index (χ0) is 15.0. The van der Waals surface area contributed by atoms with Gasteiger partial charge in [0.2, 0.25) is 10.0 Å². The fraction of sp³-hybridized carbons (Fsp3) is 0.625. The highest BCUT2D eigenvalue weighted by Crippen LogP contribution is 2.40. The van der Waals surface area contributed by atoms with Crippen LogP contribution in [0.5, 0.6) is 0 Å². The molecule has 1 N–H and O–H groups in total. The normalized spacial score (nSPS) is 30.3. The highest BCUT2D eigenvalue weighted by Gasteiger charge is 2.34. The van der Waals surface area contributed by atoms with Crippen LogP contribution >= 0.6 is 0 Å². The topological polar surface area (TPSA) is 57.6 Å². The predicted molar refractivity (Wildman–Crippen MR) is 82.4 cm³/mol. The Morgan fingerprint density at radius 2 is 2.10 bits per heavy atom. The number of benzene rings is 1. The van der Waals surface area contributed by atoms with E-state index >= 15 is 0 Å². The van der Waals surface area contributed by atoms with Crippen LogP contribution in [0.25, 0.3) is 0 Å². The number of piperidine rings is 1. The van der Waals surface area contributed by atoms with Crippen molar-refractivity contribution in [1.82, 2.24) is 4.31 Å². The Bertz CT molecular complexity index is 614. The molecule has 5 heteroatoms. The Kier molecular flexibility index (Phi) is 4.08. The SMILES string of the molecule is CS(=O)(=O)N1CCCC(CC2Cc3ccccc3C2O)C1. The van der Waals surface area contributed by atoms with E-state index < -0.39 is 16.1 Å². The molecule has 1 fully saturated rings. The molecule has 1 saturated heterocycles. The van der Waals surface area contributed by atoms with Crippen LogP contribution in [0.15, 0.2) is 24.3 Å². The number of hydrogen-bond acceptors (Lipinski definition) is 3. The average molecular weight is 309 g/mol. The molecular weight excluding hydrogens is 286 g/mol. The van der Waals surface area contributed by atoms with Crippen LogP contribution in [0.3, 0.4) is 0 Å². The largest absolute Gasteiger partial charge is 0.388 e. The molecule has 3 rings (SSSR count). The summed E-state index contributed by atoms with van der Waals surface area (Å²) in [5, 5.41) is 10.5. The molecule has 0 saturated carbocycles. The minimum absolute atomic E-state index is 0.229. The molecule has 0 radical (unpaired) electrons. The van der Waals surface area contributed by atoms with Gasteiger partial charge in [-0.1, -0.05) is 24.3 Å². The number of fused-ring (bicyclic) bond motifs is 1. The summed E-state index contributed by atoms with van der Waals surface area (Å²) in [5.41, 5.74) is 2.30. The molecule has 1 heterocycles. The Morgan fingerprint density at radius 1 is 1.33 bits per heavy atom. The first-order chi connectivity index (χ1) is 9.95. The summed E-state index contributed by atoms with van der Waals surface area (Å²) in [6, 6.07) is 8.07. The van der Waals surface area contributed by atoms with Gasteiger partial charge in [0.15, 0.2) is 0 Å². The van der Waals surface area contributed by atoms with Crippen molar-refractivity contribution >= 4 is 10.0 Å². The number of aliphatic hydroxyl groups excluding tert-OH is 1. The Balaban J connectivity index is 1.66. The number of nitrogens with zero attached hydrogens (tertiary/aromatic N) is 1. The van der Waals surface area contributed by atoms with Crippen molar-refractivity contribution in [1.29, 1.82) is 0 Å². The summed E-state index contributed by atoms with van der Waals surface area (Å²) in [4.78, 5) is 0. The molecule has 0 spiro atoms. The van der Waals surface area contributed by atoms with Crippen molar-refractivity contribution in [2.45, 2.75) is 31.8 Å². The Morgan fingerprint density at radius 3 is 2.81 bits per heavy atom. The second-order valence-corrected chi connectivity index (χ2v) is 8.46. The highest BCUT2D eigenvalue weighted by molar-refractivity contribution is 7.88. The van der Waals surface area contributed by atoms with E-state index in [1.807, 2.05) is 18.2 Å². The van der Waals surface area contributed by atoms with Crippen molar-refractivity contribution < 1.29 is 13.5 Å². The van der Waals surface area contributed by atoms with E-state index in [2.05, 4.69) is 6.07 Å². The van der Waals surface area contributed by atoms with E-state index in [0.29, 0.717) is 19.0 Å². The standard InChI is InChI=1S/C16H23NO3S/c1-21(19,20)17-8-4-5-12(11-17)9-14-10-13-6-2-3-7-15(13)16(14)18/h2-3,6-7,12,14,16,18H,4-5,8-11H2,1H3. The smallest absolute Gasteiger partial charge is 0.211 e. The van der Waals surface area contributed by atoms with E-state index in [0.717, 1.165) is 31.2 Å². The van der Waals surface area contributed by atoms with Gasteiger partial charge in [0, 0.05) is 13.1 Å². The van der Waals surface area contributed by atoms with Gasteiger partial charge < -0.3 is 5.11 Å². The molecule has 0 aromatic heterocycles. The molecule has 3 unspecified atom stereocenters. The third-order valence-corrected chi connectivity index (χ3v) is 6.16. The zero-order valence-electron chi connectivity index (χ0n) is 12.4. The van der Waals surface area contributed by atoms with Gasteiger partial charge in [-0.25, -0.2) is 12.7 Å². The first kappa shape index (κ1) is 15.0. The molecule has 116 valence electrons. The minimum atomic E-state index is -3.09. The van der Waals surface area contributed by atoms with Crippen molar-refractivity contribution in [2.75, 3.05) is 19.3 Å². The number of rotatable bonds is 3. The van der Waals surface area contributed by atoms with Gasteiger partial charge >= 0.3 is 0 Å². The summed E-state index contributed by atoms with van der Waals surface area (Å²) >= 11 is 0. The van der Waals surface area contributed by atoms with E-state index in [-0.39, 0.29) is 5.92 Å². The fourth-order valence-corrected chi connectivity index (χ4v) is 4.76. The van der Waals surface area contributed by atoms with Crippen molar-refractivity contribution in [3.05, 3.63) is 35.4 Å². The van der Waals surface area contributed by atoms with Crippen LogP contribution in [-0.2, 0) is 16.4 Å². The van der Waals surface area contributed by atoms with Crippen LogP contribution in [0, 0.1) is 11.8 Å². The summed E-state index contributed by atoms with van der Waals surface area (Å²) in [7, 11) is -3.09. The molecular formula is C16H23NO3S. The monoisotopic (exact) mass is 309 g/mol. The highest BCUT2D eigenvalue weighted by atomic mass is 32.2. The minimum Gasteiger partial charge on any atom is -0.388 e. The van der Waals surface area contributed by atoms with E-state index in [1.54, 1.807) is 4.31 Å². The summed E-state index contributed by atoms with van der Waals surface area (Å²) < 4.78 is 25.0. The van der Waals surface area contributed by atoms with Crippen LogP contribution in [0.1, 0.15) is 36.5 Å².